The highest BCUT2D eigenvalue weighted by Gasteiger charge is 2.57. The largest absolute Gasteiger partial charge is 0.327 e. The molecule has 29 heavy (non-hydrogen) atoms. The maximum Gasteiger partial charge on any atom is 0.327 e. The Morgan fingerprint density at radius 3 is 2.52 bits per heavy atom. The van der Waals surface area contributed by atoms with E-state index >= 15 is 0 Å². The van der Waals surface area contributed by atoms with Crippen LogP contribution in [0.5, 0.6) is 0 Å². The molecule has 0 aromatic carbocycles. The van der Waals surface area contributed by atoms with E-state index < -0.39 is 5.54 Å². The Hall–Kier alpha value is -1.60. The zero-order valence-corrected chi connectivity index (χ0v) is 19.0. The number of nitrogens with zero attached hydrogens (tertiary/aromatic N) is 4. The Bertz CT molecular complexity index is 704. The van der Waals surface area contributed by atoms with Gasteiger partial charge in [0.15, 0.2) is 0 Å². The molecule has 0 saturated carbocycles. The molecule has 1 aromatic rings. The van der Waals surface area contributed by atoms with E-state index in [0.717, 1.165) is 43.7 Å². The summed E-state index contributed by atoms with van der Waals surface area (Å²) >= 11 is 1.85. The molecule has 3 heterocycles. The second-order valence-electron chi connectivity index (χ2n) is 8.74. The molecule has 0 radical (unpaired) electrons. The first-order valence-corrected chi connectivity index (χ1v) is 12.0. The zero-order chi connectivity index (χ0) is 21.0. The van der Waals surface area contributed by atoms with Crippen LogP contribution in [-0.2, 0) is 11.3 Å². The van der Waals surface area contributed by atoms with Crippen molar-refractivity contribution in [1.29, 1.82) is 0 Å². The molecule has 0 aliphatic carbocycles. The molecule has 0 unspecified atom stereocenters. The second kappa shape index (κ2) is 9.47. The predicted octanol–water partition coefficient (Wildman–Crippen LogP) is 3.48. The number of pyridine rings is 1. The minimum absolute atomic E-state index is 0.0210. The Kier molecular flexibility index (Phi) is 7.22. The number of urea groups is 1. The fourth-order valence-corrected chi connectivity index (χ4v) is 5.15. The van der Waals surface area contributed by atoms with Crippen LogP contribution >= 0.6 is 11.8 Å². The lowest BCUT2D eigenvalue weighted by Crippen LogP contribution is -2.58. The fourth-order valence-electron chi connectivity index (χ4n) is 4.46. The third-order valence-electron chi connectivity index (χ3n) is 6.27. The van der Waals surface area contributed by atoms with Gasteiger partial charge in [-0.25, -0.2) is 4.79 Å². The van der Waals surface area contributed by atoms with Gasteiger partial charge in [-0.15, -0.1) is 0 Å². The Morgan fingerprint density at radius 1 is 1.21 bits per heavy atom. The van der Waals surface area contributed by atoms with E-state index in [1.165, 1.54) is 4.90 Å². The summed E-state index contributed by atoms with van der Waals surface area (Å²) in [5, 5.41) is 0. The van der Waals surface area contributed by atoms with Crippen LogP contribution in [0.15, 0.2) is 24.5 Å². The molecule has 3 amide bonds. The standard InChI is InChI=1S/C22H34N4O2S/c1-17(2)7-11-26-21(28)25(15-19-6-5-10-23-14-19)20(27)22(26)8-12-24(13-9-22)18(3)16-29-4/h5-6,10,14,17-18H,7-9,11-13,15-16H2,1-4H3/t18-/m1/s1. The Balaban J connectivity index is 1.81. The average molecular weight is 419 g/mol. The normalized spacial score (nSPS) is 20.9. The van der Waals surface area contributed by atoms with Crippen LogP contribution in [0.3, 0.4) is 0 Å². The topological polar surface area (TPSA) is 56.8 Å². The molecule has 1 aromatic heterocycles. The predicted molar refractivity (Wildman–Crippen MR) is 118 cm³/mol. The zero-order valence-electron chi connectivity index (χ0n) is 18.1. The SMILES string of the molecule is CSC[C@@H](C)N1CCC2(CC1)C(=O)N(Cc1cccnc1)C(=O)N2CCC(C)C. The maximum absolute atomic E-state index is 13.6. The molecule has 0 bridgehead atoms. The summed E-state index contributed by atoms with van der Waals surface area (Å²) in [6.45, 7) is 9.25. The van der Waals surface area contributed by atoms with Gasteiger partial charge in [0, 0.05) is 43.8 Å². The van der Waals surface area contributed by atoms with Crippen molar-refractivity contribution in [3.63, 3.8) is 0 Å². The lowest BCUT2D eigenvalue weighted by molar-refractivity contribution is -0.136. The number of carbonyl (C=O) groups is 2. The molecule has 3 rings (SSSR count). The number of rotatable bonds is 8. The summed E-state index contributed by atoms with van der Waals surface area (Å²) in [7, 11) is 0. The number of piperidine rings is 1. The number of imide groups is 1. The van der Waals surface area contributed by atoms with E-state index in [0.29, 0.717) is 25.0 Å². The molecule has 2 aliphatic heterocycles. The third-order valence-corrected chi connectivity index (χ3v) is 7.09. The summed E-state index contributed by atoms with van der Waals surface area (Å²) in [5.41, 5.74) is 0.213. The molecular weight excluding hydrogens is 384 g/mol. The molecule has 6 nitrogen and oxygen atoms in total. The summed E-state index contributed by atoms with van der Waals surface area (Å²) in [6.07, 6.45) is 7.92. The smallest absolute Gasteiger partial charge is 0.309 e. The second-order valence-corrected chi connectivity index (χ2v) is 9.65. The van der Waals surface area contributed by atoms with Crippen LogP contribution in [0.2, 0.25) is 0 Å². The highest BCUT2D eigenvalue weighted by atomic mass is 32.2. The maximum atomic E-state index is 13.6. The average Bonchev–Trinajstić information content (AvgIpc) is 2.89. The van der Waals surface area contributed by atoms with Gasteiger partial charge in [0.25, 0.3) is 5.91 Å². The molecule has 0 N–H and O–H groups in total. The van der Waals surface area contributed by atoms with Crippen LogP contribution in [0.4, 0.5) is 4.79 Å². The molecular formula is C22H34N4O2S. The molecule has 160 valence electrons. The number of likely N-dealkylation sites (tertiary alicyclic amines) is 1. The highest BCUT2D eigenvalue weighted by Crippen LogP contribution is 2.39. The summed E-state index contributed by atoms with van der Waals surface area (Å²) in [5.74, 6) is 1.56. The van der Waals surface area contributed by atoms with E-state index in [2.05, 4.69) is 36.9 Å². The molecule has 1 atom stereocenters. The van der Waals surface area contributed by atoms with Crippen molar-refractivity contribution in [3.8, 4) is 0 Å². The number of hydrogen-bond donors (Lipinski definition) is 0. The summed E-state index contributed by atoms with van der Waals surface area (Å²) in [6, 6.07) is 4.12. The van der Waals surface area contributed by atoms with Crippen molar-refractivity contribution in [3.05, 3.63) is 30.1 Å². The van der Waals surface area contributed by atoms with Gasteiger partial charge >= 0.3 is 6.03 Å². The van der Waals surface area contributed by atoms with Gasteiger partial charge in [0.2, 0.25) is 0 Å². The van der Waals surface area contributed by atoms with E-state index in [4.69, 9.17) is 0 Å². The number of carbonyl (C=O) groups excluding carboxylic acids is 2. The van der Waals surface area contributed by atoms with Crippen molar-refractivity contribution in [1.82, 2.24) is 19.7 Å². The lowest BCUT2D eigenvalue weighted by atomic mass is 9.85. The quantitative estimate of drug-likeness (QED) is 0.605. The van der Waals surface area contributed by atoms with Gasteiger partial charge in [-0.2, -0.15) is 11.8 Å². The summed E-state index contributed by atoms with van der Waals surface area (Å²) in [4.78, 5) is 36.8. The van der Waals surface area contributed by atoms with Crippen molar-refractivity contribution >= 4 is 23.7 Å². The van der Waals surface area contributed by atoms with Crippen LogP contribution in [0, 0.1) is 5.92 Å². The number of amides is 3. The first-order valence-electron chi connectivity index (χ1n) is 10.6. The van der Waals surface area contributed by atoms with E-state index in [-0.39, 0.29) is 11.9 Å². The van der Waals surface area contributed by atoms with Crippen LogP contribution in [-0.4, -0.2) is 74.8 Å². The van der Waals surface area contributed by atoms with Crippen molar-refractivity contribution in [2.45, 2.75) is 58.2 Å². The lowest BCUT2D eigenvalue weighted by Gasteiger charge is -2.44. The van der Waals surface area contributed by atoms with E-state index in [1.54, 1.807) is 12.4 Å². The van der Waals surface area contributed by atoms with Gasteiger partial charge in [-0.3, -0.25) is 19.6 Å². The summed E-state index contributed by atoms with van der Waals surface area (Å²) < 4.78 is 0. The van der Waals surface area contributed by atoms with Crippen molar-refractivity contribution in [2.75, 3.05) is 31.6 Å². The van der Waals surface area contributed by atoms with Gasteiger partial charge in [-0.05, 0) is 50.0 Å². The Morgan fingerprint density at radius 2 is 1.93 bits per heavy atom. The minimum atomic E-state index is -0.677. The Labute approximate surface area is 179 Å². The number of aromatic nitrogens is 1. The highest BCUT2D eigenvalue weighted by molar-refractivity contribution is 7.98. The van der Waals surface area contributed by atoms with Crippen LogP contribution < -0.4 is 0 Å². The van der Waals surface area contributed by atoms with E-state index in [1.807, 2.05) is 28.8 Å². The number of hydrogen-bond acceptors (Lipinski definition) is 5. The van der Waals surface area contributed by atoms with Crippen LogP contribution in [0.25, 0.3) is 0 Å². The fraction of sp³-hybridized carbons (Fsp3) is 0.682. The van der Waals surface area contributed by atoms with E-state index in [9.17, 15) is 9.59 Å². The third kappa shape index (κ3) is 4.61. The molecule has 2 fully saturated rings. The minimum Gasteiger partial charge on any atom is -0.309 e. The van der Waals surface area contributed by atoms with Gasteiger partial charge in [0.05, 0.1) is 6.54 Å². The molecule has 2 saturated heterocycles. The molecule has 2 aliphatic rings. The number of thioether (sulfide) groups is 1. The first kappa shape index (κ1) is 22.1. The van der Waals surface area contributed by atoms with Crippen molar-refractivity contribution in [2.24, 2.45) is 5.92 Å². The first-order chi connectivity index (χ1) is 13.9. The van der Waals surface area contributed by atoms with Gasteiger partial charge < -0.3 is 4.90 Å². The van der Waals surface area contributed by atoms with Gasteiger partial charge in [0.1, 0.15) is 5.54 Å². The molecule has 7 heteroatoms. The van der Waals surface area contributed by atoms with Crippen LogP contribution in [0.1, 0.15) is 45.6 Å². The molecule has 1 spiro atoms. The van der Waals surface area contributed by atoms with Gasteiger partial charge in [-0.1, -0.05) is 19.9 Å². The monoisotopic (exact) mass is 418 g/mol. The van der Waals surface area contributed by atoms with Crippen molar-refractivity contribution < 1.29 is 9.59 Å².